The van der Waals surface area contributed by atoms with E-state index in [4.69, 9.17) is 4.74 Å². The molecule has 2 amide bonds. The van der Waals surface area contributed by atoms with E-state index in [1.807, 2.05) is 24.3 Å². The van der Waals surface area contributed by atoms with E-state index in [1.165, 1.54) is 0 Å². The number of carbonyl (C=O) groups excluding carboxylic acids is 2. The predicted octanol–water partition coefficient (Wildman–Crippen LogP) is 2.16. The molecule has 0 radical (unpaired) electrons. The van der Waals surface area contributed by atoms with Crippen LogP contribution in [0.5, 0.6) is 5.75 Å². The molecule has 1 aromatic carbocycles. The number of carbonyl (C=O) groups is 2. The standard InChI is InChI=1S/C12H9NO3S/c14-11-10(17-12(15)13-11)8-5-6-16-9-4-2-1-3-7(8)9/h1-4H,5-6H2,(H,13,14,15)/b10-8-. The molecule has 2 heterocycles. The van der Waals surface area contributed by atoms with Gasteiger partial charge in [-0.15, -0.1) is 0 Å². The fourth-order valence-corrected chi connectivity index (χ4v) is 2.80. The topological polar surface area (TPSA) is 55.4 Å². The van der Waals surface area contributed by atoms with Gasteiger partial charge in [0, 0.05) is 12.0 Å². The second kappa shape index (κ2) is 3.92. The number of nitrogens with one attached hydrogen (secondary N) is 1. The van der Waals surface area contributed by atoms with Gasteiger partial charge in [0.15, 0.2) is 0 Å². The number of hydrogen-bond donors (Lipinski definition) is 1. The smallest absolute Gasteiger partial charge is 0.290 e. The van der Waals surface area contributed by atoms with Crippen molar-refractivity contribution in [3.8, 4) is 5.75 Å². The van der Waals surface area contributed by atoms with Crippen LogP contribution < -0.4 is 10.1 Å². The third-order valence-corrected chi connectivity index (χ3v) is 3.64. The summed E-state index contributed by atoms with van der Waals surface area (Å²) in [6.45, 7) is 0.540. The average Bonchev–Trinajstić information content (AvgIpc) is 2.68. The van der Waals surface area contributed by atoms with Crippen molar-refractivity contribution in [1.82, 2.24) is 5.32 Å². The predicted molar refractivity (Wildman–Crippen MR) is 64.6 cm³/mol. The molecule has 1 N–H and O–H groups in total. The minimum Gasteiger partial charge on any atom is -0.493 e. The fraction of sp³-hybridized carbons (Fsp3) is 0.167. The Balaban J connectivity index is 2.14. The lowest BCUT2D eigenvalue weighted by Crippen LogP contribution is -2.19. The summed E-state index contributed by atoms with van der Waals surface area (Å²) < 4.78 is 5.52. The number of thioether (sulfide) groups is 1. The molecule has 0 bridgehead atoms. The van der Waals surface area contributed by atoms with Crippen LogP contribution in [0.2, 0.25) is 0 Å². The second-order valence-electron chi connectivity index (χ2n) is 3.75. The van der Waals surface area contributed by atoms with Crippen molar-refractivity contribution >= 4 is 28.5 Å². The van der Waals surface area contributed by atoms with Gasteiger partial charge in [0.05, 0.1) is 11.5 Å². The summed E-state index contributed by atoms with van der Waals surface area (Å²) in [5.74, 6) is 0.473. The van der Waals surface area contributed by atoms with E-state index in [9.17, 15) is 9.59 Å². The molecule has 2 aliphatic heterocycles. The molecule has 0 spiro atoms. The summed E-state index contributed by atoms with van der Waals surface area (Å²) in [5, 5.41) is 1.98. The van der Waals surface area contributed by atoms with E-state index in [0.29, 0.717) is 17.9 Å². The number of amides is 2. The van der Waals surface area contributed by atoms with Gasteiger partial charge in [-0.2, -0.15) is 0 Å². The van der Waals surface area contributed by atoms with E-state index in [0.717, 1.165) is 28.6 Å². The van der Waals surface area contributed by atoms with E-state index in [1.54, 1.807) is 0 Å². The zero-order chi connectivity index (χ0) is 11.8. The first kappa shape index (κ1) is 10.4. The van der Waals surface area contributed by atoms with Crippen molar-refractivity contribution in [2.24, 2.45) is 0 Å². The van der Waals surface area contributed by atoms with Gasteiger partial charge in [-0.3, -0.25) is 14.9 Å². The number of rotatable bonds is 0. The number of para-hydroxylation sites is 1. The minimum atomic E-state index is -0.304. The summed E-state index contributed by atoms with van der Waals surface area (Å²) in [5.41, 5.74) is 1.81. The zero-order valence-corrected chi connectivity index (χ0v) is 9.67. The Bertz CT molecular complexity index is 550. The highest BCUT2D eigenvalue weighted by atomic mass is 32.2. The number of fused-ring (bicyclic) bond motifs is 1. The Labute approximate surface area is 102 Å². The number of hydrogen-bond acceptors (Lipinski definition) is 4. The molecule has 86 valence electrons. The summed E-state index contributed by atoms with van der Waals surface area (Å²) in [6.07, 6.45) is 0.653. The van der Waals surface area contributed by atoms with Gasteiger partial charge >= 0.3 is 0 Å². The van der Waals surface area contributed by atoms with Gasteiger partial charge in [-0.1, -0.05) is 18.2 Å². The fourth-order valence-electron chi connectivity index (χ4n) is 1.99. The van der Waals surface area contributed by atoms with Crippen LogP contribution in [0.4, 0.5) is 4.79 Å². The second-order valence-corrected chi connectivity index (χ2v) is 4.73. The van der Waals surface area contributed by atoms with Crippen molar-refractivity contribution in [1.29, 1.82) is 0 Å². The third kappa shape index (κ3) is 1.72. The Morgan fingerprint density at radius 3 is 2.82 bits per heavy atom. The molecule has 0 unspecified atom stereocenters. The van der Waals surface area contributed by atoms with Crippen molar-refractivity contribution in [3.63, 3.8) is 0 Å². The molecule has 1 aromatic rings. The molecular formula is C12H9NO3S. The molecule has 0 aromatic heterocycles. The quantitative estimate of drug-likeness (QED) is 0.714. The van der Waals surface area contributed by atoms with Gasteiger partial charge in [0.25, 0.3) is 11.1 Å². The normalized spacial score (nSPS) is 23.1. The van der Waals surface area contributed by atoms with E-state index < -0.39 is 0 Å². The lowest BCUT2D eigenvalue weighted by molar-refractivity contribution is -0.115. The third-order valence-electron chi connectivity index (χ3n) is 2.71. The molecule has 4 nitrogen and oxygen atoms in total. The molecular weight excluding hydrogens is 238 g/mol. The van der Waals surface area contributed by atoms with Crippen molar-refractivity contribution < 1.29 is 14.3 Å². The minimum absolute atomic E-state index is 0.299. The molecule has 1 saturated heterocycles. The van der Waals surface area contributed by atoms with Crippen molar-refractivity contribution in [2.75, 3.05) is 6.61 Å². The first-order valence-corrected chi connectivity index (χ1v) is 6.06. The Kier molecular flexibility index (Phi) is 2.40. The molecule has 0 aliphatic carbocycles. The largest absolute Gasteiger partial charge is 0.493 e. The molecule has 0 atom stereocenters. The summed E-state index contributed by atoms with van der Waals surface area (Å²) in [7, 11) is 0. The first-order chi connectivity index (χ1) is 8.25. The van der Waals surface area contributed by atoms with Crippen LogP contribution >= 0.6 is 11.8 Å². The molecule has 2 aliphatic rings. The molecule has 5 heteroatoms. The van der Waals surface area contributed by atoms with Crippen LogP contribution in [0.3, 0.4) is 0 Å². The highest BCUT2D eigenvalue weighted by molar-refractivity contribution is 8.18. The molecule has 3 rings (SSSR count). The van der Waals surface area contributed by atoms with Crippen LogP contribution in [0, 0.1) is 0 Å². The molecule has 1 fully saturated rings. The van der Waals surface area contributed by atoms with Crippen molar-refractivity contribution in [2.45, 2.75) is 6.42 Å². The van der Waals surface area contributed by atoms with E-state index in [-0.39, 0.29) is 11.1 Å². The number of benzene rings is 1. The summed E-state index contributed by atoms with van der Waals surface area (Å²) in [4.78, 5) is 23.3. The Morgan fingerprint density at radius 2 is 2.06 bits per heavy atom. The van der Waals surface area contributed by atoms with Gasteiger partial charge < -0.3 is 4.74 Å². The van der Waals surface area contributed by atoms with E-state index in [2.05, 4.69) is 5.32 Å². The van der Waals surface area contributed by atoms with Crippen molar-refractivity contribution in [3.05, 3.63) is 34.7 Å². The monoisotopic (exact) mass is 247 g/mol. The Hall–Kier alpha value is -1.75. The van der Waals surface area contributed by atoms with Gasteiger partial charge in [0.1, 0.15) is 5.75 Å². The first-order valence-electron chi connectivity index (χ1n) is 5.24. The van der Waals surface area contributed by atoms with Crippen LogP contribution in [0.15, 0.2) is 29.2 Å². The number of imide groups is 1. The SMILES string of the molecule is O=C1NC(=O)/C(=C2\CCOc3ccccc32)S1. The zero-order valence-electron chi connectivity index (χ0n) is 8.86. The highest BCUT2D eigenvalue weighted by Crippen LogP contribution is 2.39. The van der Waals surface area contributed by atoms with Crippen LogP contribution in [-0.2, 0) is 4.79 Å². The maximum absolute atomic E-state index is 11.6. The average molecular weight is 247 g/mol. The highest BCUT2D eigenvalue weighted by Gasteiger charge is 2.30. The summed E-state index contributed by atoms with van der Waals surface area (Å²) >= 11 is 0.968. The van der Waals surface area contributed by atoms with Crippen LogP contribution in [0.25, 0.3) is 5.57 Å². The number of ether oxygens (including phenoxy) is 1. The van der Waals surface area contributed by atoms with Gasteiger partial charge in [-0.05, 0) is 23.4 Å². The lowest BCUT2D eigenvalue weighted by Gasteiger charge is -2.20. The maximum atomic E-state index is 11.6. The van der Waals surface area contributed by atoms with E-state index >= 15 is 0 Å². The molecule has 17 heavy (non-hydrogen) atoms. The van der Waals surface area contributed by atoms with Gasteiger partial charge in [-0.25, -0.2) is 0 Å². The molecule has 0 saturated carbocycles. The Morgan fingerprint density at radius 1 is 1.24 bits per heavy atom. The van der Waals surface area contributed by atoms with Gasteiger partial charge in [0.2, 0.25) is 0 Å². The maximum Gasteiger partial charge on any atom is 0.290 e. The van der Waals surface area contributed by atoms with Crippen LogP contribution in [0.1, 0.15) is 12.0 Å². The lowest BCUT2D eigenvalue weighted by atomic mass is 9.99. The van der Waals surface area contributed by atoms with Crippen LogP contribution in [-0.4, -0.2) is 17.8 Å². The summed E-state index contributed by atoms with van der Waals surface area (Å²) in [6, 6.07) is 7.56.